The highest BCUT2D eigenvalue weighted by molar-refractivity contribution is 9.15. The van der Waals surface area contributed by atoms with Gasteiger partial charge in [-0.2, -0.15) is 0 Å². The van der Waals surface area contributed by atoms with Gasteiger partial charge in [0.1, 0.15) is 5.75 Å². The molecule has 0 heterocycles. The van der Waals surface area contributed by atoms with E-state index in [-0.39, 0.29) is 0 Å². The largest absolute Gasteiger partial charge is 0.494 e. The summed E-state index contributed by atoms with van der Waals surface area (Å²) >= 11 is 3.94. The zero-order chi connectivity index (χ0) is 19.1. The standard InChI is InChI=1S/C24H29BrO2/c1-3-26-21-14-10-18(11-15-21)23(24(25)20-8-6-5-7-9-20)19-12-16-22(17-13-19)27-4-2/h5-11,14-15,19,22H,3-4,12-13,16-17H2,1-2H3. The summed E-state index contributed by atoms with van der Waals surface area (Å²) in [4.78, 5) is 0. The third-order valence-corrected chi connectivity index (χ3v) is 6.11. The predicted molar refractivity (Wildman–Crippen MR) is 117 cm³/mol. The maximum absolute atomic E-state index is 5.86. The van der Waals surface area contributed by atoms with Gasteiger partial charge in [-0.25, -0.2) is 0 Å². The zero-order valence-electron chi connectivity index (χ0n) is 16.3. The number of benzene rings is 2. The first kappa shape index (κ1) is 20.2. The van der Waals surface area contributed by atoms with Gasteiger partial charge in [-0.15, -0.1) is 0 Å². The van der Waals surface area contributed by atoms with E-state index >= 15 is 0 Å². The highest BCUT2D eigenvalue weighted by atomic mass is 79.9. The summed E-state index contributed by atoms with van der Waals surface area (Å²) in [5, 5.41) is 0. The Bertz CT molecular complexity index is 729. The van der Waals surface area contributed by atoms with Crippen molar-refractivity contribution in [2.45, 2.75) is 45.6 Å². The van der Waals surface area contributed by atoms with Crippen molar-refractivity contribution in [1.82, 2.24) is 0 Å². The van der Waals surface area contributed by atoms with Gasteiger partial charge in [0, 0.05) is 11.1 Å². The Morgan fingerprint density at radius 1 is 0.852 bits per heavy atom. The summed E-state index contributed by atoms with van der Waals surface area (Å²) in [6.07, 6.45) is 5.01. The van der Waals surface area contributed by atoms with E-state index in [1.165, 1.54) is 21.2 Å². The van der Waals surface area contributed by atoms with Gasteiger partial charge in [0.15, 0.2) is 0 Å². The van der Waals surface area contributed by atoms with E-state index in [0.717, 1.165) is 38.0 Å². The lowest BCUT2D eigenvalue weighted by Crippen LogP contribution is -2.22. The normalized spacial score (nSPS) is 20.9. The number of hydrogen-bond donors (Lipinski definition) is 0. The molecule has 1 aliphatic rings. The van der Waals surface area contributed by atoms with Gasteiger partial charge in [-0.3, -0.25) is 0 Å². The Kier molecular flexibility index (Phi) is 7.54. The molecule has 27 heavy (non-hydrogen) atoms. The van der Waals surface area contributed by atoms with Crippen LogP contribution in [-0.4, -0.2) is 19.3 Å². The molecular weight excluding hydrogens is 400 g/mol. The van der Waals surface area contributed by atoms with Crippen molar-refractivity contribution >= 4 is 26.0 Å². The van der Waals surface area contributed by atoms with Crippen LogP contribution in [0.1, 0.15) is 50.7 Å². The van der Waals surface area contributed by atoms with E-state index < -0.39 is 0 Å². The minimum Gasteiger partial charge on any atom is -0.494 e. The summed E-state index contributed by atoms with van der Waals surface area (Å²) in [6.45, 7) is 5.60. The van der Waals surface area contributed by atoms with Crippen molar-refractivity contribution in [2.75, 3.05) is 13.2 Å². The molecule has 2 nitrogen and oxygen atoms in total. The number of rotatable bonds is 7. The first-order chi connectivity index (χ1) is 13.2. The van der Waals surface area contributed by atoms with Crippen molar-refractivity contribution < 1.29 is 9.47 Å². The third kappa shape index (κ3) is 5.24. The SMILES string of the molecule is CCOc1ccc(C(=C(Br)c2ccccc2)C2CCC(OCC)CC2)cc1. The summed E-state index contributed by atoms with van der Waals surface area (Å²) in [6, 6.07) is 19.1. The van der Waals surface area contributed by atoms with Gasteiger partial charge in [0.05, 0.1) is 12.7 Å². The molecule has 1 aliphatic carbocycles. The third-order valence-electron chi connectivity index (χ3n) is 5.22. The molecule has 0 amide bonds. The molecule has 2 aromatic rings. The Morgan fingerprint density at radius 2 is 1.52 bits per heavy atom. The lowest BCUT2D eigenvalue weighted by atomic mass is 9.79. The summed E-state index contributed by atoms with van der Waals surface area (Å²) < 4.78 is 12.7. The molecule has 0 unspecified atom stereocenters. The number of halogens is 1. The monoisotopic (exact) mass is 428 g/mol. The average molecular weight is 429 g/mol. The fraction of sp³-hybridized carbons (Fsp3) is 0.417. The molecule has 1 saturated carbocycles. The van der Waals surface area contributed by atoms with Crippen LogP contribution < -0.4 is 4.74 Å². The van der Waals surface area contributed by atoms with Crippen molar-refractivity contribution in [3.63, 3.8) is 0 Å². The minimum absolute atomic E-state index is 0.420. The lowest BCUT2D eigenvalue weighted by Gasteiger charge is -2.31. The molecule has 3 rings (SSSR count). The quantitative estimate of drug-likeness (QED) is 0.444. The highest BCUT2D eigenvalue weighted by Crippen LogP contribution is 2.43. The number of hydrogen-bond acceptors (Lipinski definition) is 2. The molecule has 144 valence electrons. The summed E-state index contributed by atoms with van der Waals surface area (Å²) in [7, 11) is 0. The first-order valence-electron chi connectivity index (χ1n) is 10.0. The van der Waals surface area contributed by atoms with E-state index in [9.17, 15) is 0 Å². The highest BCUT2D eigenvalue weighted by Gasteiger charge is 2.27. The Morgan fingerprint density at radius 3 is 2.11 bits per heavy atom. The molecule has 3 heteroatoms. The maximum Gasteiger partial charge on any atom is 0.119 e. The molecule has 0 radical (unpaired) electrons. The molecule has 0 spiro atoms. The van der Waals surface area contributed by atoms with Gasteiger partial charge in [0.2, 0.25) is 0 Å². The molecule has 0 saturated heterocycles. The Labute approximate surface area is 171 Å². The lowest BCUT2D eigenvalue weighted by molar-refractivity contribution is 0.0311. The Hall–Kier alpha value is -1.58. The number of ether oxygens (including phenoxy) is 2. The van der Waals surface area contributed by atoms with Crippen molar-refractivity contribution in [1.29, 1.82) is 0 Å². The predicted octanol–water partition coefficient (Wildman–Crippen LogP) is 6.94. The van der Waals surface area contributed by atoms with E-state index in [2.05, 4.69) is 77.5 Å². The summed E-state index contributed by atoms with van der Waals surface area (Å²) in [5.74, 6) is 1.46. The molecule has 0 aliphatic heterocycles. The second-order valence-corrected chi connectivity index (χ2v) is 7.77. The van der Waals surface area contributed by atoms with Gasteiger partial charge >= 0.3 is 0 Å². The smallest absolute Gasteiger partial charge is 0.119 e. The number of allylic oxidation sites excluding steroid dienone is 1. The zero-order valence-corrected chi connectivity index (χ0v) is 17.9. The Balaban J connectivity index is 1.92. The average Bonchev–Trinajstić information content (AvgIpc) is 2.72. The molecule has 0 N–H and O–H groups in total. The fourth-order valence-electron chi connectivity index (χ4n) is 3.93. The van der Waals surface area contributed by atoms with Crippen LogP contribution in [0.2, 0.25) is 0 Å². The van der Waals surface area contributed by atoms with Gasteiger partial charge < -0.3 is 9.47 Å². The van der Waals surface area contributed by atoms with Crippen LogP contribution in [0.5, 0.6) is 5.75 Å². The second kappa shape index (κ2) is 10.1. The van der Waals surface area contributed by atoms with Crippen molar-refractivity contribution in [3.8, 4) is 5.75 Å². The van der Waals surface area contributed by atoms with Crippen LogP contribution in [0.25, 0.3) is 10.1 Å². The molecule has 0 aromatic heterocycles. The van der Waals surface area contributed by atoms with Gasteiger partial charge in [-0.05, 0) is 90.2 Å². The van der Waals surface area contributed by atoms with Crippen LogP contribution in [0.3, 0.4) is 0 Å². The molecule has 2 aromatic carbocycles. The van der Waals surface area contributed by atoms with E-state index in [0.29, 0.717) is 18.6 Å². The molecular formula is C24H29BrO2. The molecule has 0 atom stereocenters. The van der Waals surface area contributed by atoms with Crippen LogP contribution in [0.15, 0.2) is 54.6 Å². The van der Waals surface area contributed by atoms with E-state index in [4.69, 9.17) is 9.47 Å². The summed E-state index contributed by atoms with van der Waals surface area (Å²) in [5.41, 5.74) is 3.90. The first-order valence-corrected chi connectivity index (χ1v) is 10.8. The molecule has 0 bridgehead atoms. The van der Waals surface area contributed by atoms with E-state index in [1.54, 1.807) is 0 Å². The maximum atomic E-state index is 5.86. The van der Waals surface area contributed by atoms with Crippen LogP contribution in [0, 0.1) is 5.92 Å². The van der Waals surface area contributed by atoms with Crippen LogP contribution >= 0.6 is 15.9 Å². The fourth-order valence-corrected chi connectivity index (χ4v) is 4.75. The van der Waals surface area contributed by atoms with Gasteiger partial charge in [-0.1, -0.05) is 42.5 Å². The second-order valence-electron chi connectivity index (χ2n) is 6.98. The van der Waals surface area contributed by atoms with Gasteiger partial charge in [0.25, 0.3) is 0 Å². The van der Waals surface area contributed by atoms with Crippen LogP contribution in [0.4, 0.5) is 0 Å². The molecule has 1 fully saturated rings. The van der Waals surface area contributed by atoms with Crippen LogP contribution in [-0.2, 0) is 4.74 Å². The van der Waals surface area contributed by atoms with E-state index in [1.807, 2.05) is 6.92 Å². The van der Waals surface area contributed by atoms with Crippen molar-refractivity contribution in [3.05, 3.63) is 65.7 Å². The van der Waals surface area contributed by atoms with Crippen molar-refractivity contribution in [2.24, 2.45) is 5.92 Å². The minimum atomic E-state index is 0.420. The topological polar surface area (TPSA) is 18.5 Å².